The van der Waals surface area contributed by atoms with Crippen LogP contribution >= 0.6 is 23.2 Å². The Morgan fingerprint density at radius 1 is 1.11 bits per heavy atom. The van der Waals surface area contributed by atoms with Gasteiger partial charge in [0.05, 0.1) is 31.4 Å². The number of halogens is 2. The van der Waals surface area contributed by atoms with Gasteiger partial charge in [-0.1, -0.05) is 23.2 Å². The lowest BCUT2D eigenvalue weighted by Gasteiger charge is -2.26. The fourth-order valence-electron chi connectivity index (χ4n) is 2.35. The number of carbonyl (C=O) groups is 1. The van der Waals surface area contributed by atoms with Crippen LogP contribution in [-0.2, 0) is 14.8 Å². The van der Waals surface area contributed by atoms with Gasteiger partial charge in [-0.2, -0.15) is 0 Å². The standard InChI is InChI=1S/C17H17Cl2NO6S/c1-25-12-4-6-14(15(10-12)26-2)20(8-7-17(21)22)27(23,24)16-9-11(18)3-5-13(16)19/h3-6,9-10H,7-8H2,1-2H3,(H,21,22). The summed E-state index contributed by atoms with van der Waals surface area (Å²) in [6, 6.07) is 8.54. The first-order valence-corrected chi connectivity index (χ1v) is 9.82. The van der Waals surface area contributed by atoms with Crippen LogP contribution in [0.5, 0.6) is 11.5 Å². The molecule has 10 heteroatoms. The van der Waals surface area contributed by atoms with E-state index in [1.54, 1.807) is 6.07 Å². The van der Waals surface area contributed by atoms with E-state index in [1.807, 2.05) is 0 Å². The van der Waals surface area contributed by atoms with Crippen molar-refractivity contribution < 1.29 is 27.8 Å². The number of carboxylic acid groups (broad SMARTS) is 1. The summed E-state index contributed by atoms with van der Waals surface area (Å²) < 4.78 is 37.8. The van der Waals surface area contributed by atoms with E-state index < -0.39 is 22.4 Å². The van der Waals surface area contributed by atoms with Crippen molar-refractivity contribution in [3.8, 4) is 11.5 Å². The Kier molecular flexibility index (Phi) is 6.80. The summed E-state index contributed by atoms with van der Waals surface area (Å²) in [6.07, 6.45) is -0.424. The number of aliphatic carboxylic acids is 1. The molecule has 0 aliphatic rings. The summed E-state index contributed by atoms with van der Waals surface area (Å²) in [5.41, 5.74) is 0.149. The smallest absolute Gasteiger partial charge is 0.305 e. The number of carboxylic acids is 1. The van der Waals surface area contributed by atoms with Crippen LogP contribution in [0, 0.1) is 0 Å². The van der Waals surface area contributed by atoms with Crippen molar-refractivity contribution in [2.75, 3.05) is 25.1 Å². The second-order valence-electron chi connectivity index (χ2n) is 5.33. The maximum atomic E-state index is 13.2. The lowest BCUT2D eigenvalue weighted by Crippen LogP contribution is -2.33. The van der Waals surface area contributed by atoms with Crippen molar-refractivity contribution in [2.24, 2.45) is 0 Å². The summed E-state index contributed by atoms with van der Waals surface area (Å²) in [5.74, 6) is -0.506. The lowest BCUT2D eigenvalue weighted by atomic mass is 10.2. The van der Waals surface area contributed by atoms with Gasteiger partial charge in [-0.05, 0) is 30.3 Å². The second-order valence-corrected chi connectivity index (χ2v) is 8.01. The molecular weight excluding hydrogens is 417 g/mol. The van der Waals surface area contributed by atoms with E-state index >= 15 is 0 Å². The maximum Gasteiger partial charge on any atom is 0.305 e. The van der Waals surface area contributed by atoms with Crippen molar-refractivity contribution in [3.05, 3.63) is 46.4 Å². The van der Waals surface area contributed by atoms with Crippen LogP contribution < -0.4 is 13.8 Å². The van der Waals surface area contributed by atoms with Crippen LogP contribution in [0.4, 0.5) is 5.69 Å². The minimum atomic E-state index is -4.22. The number of ether oxygens (including phenoxy) is 2. The highest BCUT2D eigenvalue weighted by Crippen LogP contribution is 2.37. The molecule has 2 aromatic carbocycles. The van der Waals surface area contributed by atoms with E-state index in [0.29, 0.717) is 5.75 Å². The predicted octanol–water partition coefficient (Wildman–Crippen LogP) is 3.68. The number of sulfonamides is 1. The van der Waals surface area contributed by atoms with Crippen molar-refractivity contribution in [1.29, 1.82) is 0 Å². The van der Waals surface area contributed by atoms with Crippen LogP contribution in [-0.4, -0.2) is 40.3 Å². The molecule has 0 heterocycles. The SMILES string of the molecule is COc1ccc(N(CCC(=O)O)S(=O)(=O)c2cc(Cl)ccc2Cl)c(OC)c1. The Labute approximate surface area is 167 Å². The lowest BCUT2D eigenvalue weighted by molar-refractivity contribution is -0.136. The highest BCUT2D eigenvalue weighted by Gasteiger charge is 2.30. The molecule has 2 rings (SSSR count). The minimum absolute atomic E-state index is 0.0350. The Balaban J connectivity index is 2.64. The van der Waals surface area contributed by atoms with Crippen molar-refractivity contribution in [2.45, 2.75) is 11.3 Å². The van der Waals surface area contributed by atoms with Gasteiger partial charge in [0.1, 0.15) is 16.4 Å². The minimum Gasteiger partial charge on any atom is -0.497 e. The first-order chi connectivity index (χ1) is 12.7. The number of anilines is 1. The molecule has 0 unspecified atom stereocenters. The fraction of sp³-hybridized carbons (Fsp3) is 0.235. The molecule has 0 amide bonds. The number of benzene rings is 2. The average molecular weight is 434 g/mol. The summed E-state index contributed by atoms with van der Waals surface area (Å²) in [7, 11) is -1.40. The van der Waals surface area contributed by atoms with E-state index in [-0.39, 0.29) is 32.9 Å². The molecule has 0 fully saturated rings. The predicted molar refractivity (Wildman–Crippen MR) is 103 cm³/mol. The number of hydrogen-bond acceptors (Lipinski definition) is 5. The Morgan fingerprint density at radius 2 is 1.81 bits per heavy atom. The van der Waals surface area contributed by atoms with Crippen molar-refractivity contribution >= 4 is 44.9 Å². The third-order valence-electron chi connectivity index (χ3n) is 3.65. The third-order valence-corrected chi connectivity index (χ3v) is 6.18. The van der Waals surface area contributed by atoms with E-state index in [4.69, 9.17) is 37.8 Å². The summed E-state index contributed by atoms with van der Waals surface area (Å²) in [6.45, 7) is -0.330. The Hall–Kier alpha value is -2.16. The van der Waals surface area contributed by atoms with Crippen molar-refractivity contribution in [3.63, 3.8) is 0 Å². The molecule has 0 aliphatic heterocycles. The van der Waals surface area contributed by atoms with Gasteiger partial charge in [0, 0.05) is 17.6 Å². The highest BCUT2D eigenvalue weighted by molar-refractivity contribution is 7.93. The van der Waals surface area contributed by atoms with Gasteiger partial charge in [0.2, 0.25) is 0 Å². The van der Waals surface area contributed by atoms with E-state index in [9.17, 15) is 13.2 Å². The summed E-state index contributed by atoms with van der Waals surface area (Å²) in [5, 5.41) is 9.18. The molecule has 0 aromatic heterocycles. The van der Waals surface area contributed by atoms with E-state index in [0.717, 1.165) is 4.31 Å². The van der Waals surface area contributed by atoms with Gasteiger partial charge in [0.25, 0.3) is 10.0 Å². The Morgan fingerprint density at radius 3 is 2.41 bits per heavy atom. The second kappa shape index (κ2) is 8.69. The molecule has 2 aromatic rings. The molecular formula is C17H17Cl2NO6S. The molecule has 0 bridgehead atoms. The van der Waals surface area contributed by atoms with Gasteiger partial charge >= 0.3 is 5.97 Å². The normalized spacial score (nSPS) is 11.1. The first kappa shape index (κ1) is 21.1. The topological polar surface area (TPSA) is 93.1 Å². The average Bonchev–Trinajstić information content (AvgIpc) is 2.63. The zero-order chi connectivity index (χ0) is 20.2. The van der Waals surface area contributed by atoms with Crippen LogP contribution in [0.15, 0.2) is 41.3 Å². The molecule has 7 nitrogen and oxygen atoms in total. The maximum absolute atomic E-state index is 13.2. The van der Waals surface area contributed by atoms with Gasteiger partial charge in [0.15, 0.2) is 0 Å². The molecule has 0 spiro atoms. The van der Waals surface area contributed by atoms with Gasteiger partial charge in [-0.25, -0.2) is 8.42 Å². The monoisotopic (exact) mass is 433 g/mol. The third kappa shape index (κ3) is 4.77. The molecule has 1 N–H and O–H groups in total. The molecule has 27 heavy (non-hydrogen) atoms. The molecule has 0 aliphatic carbocycles. The van der Waals surface area contributed by atoms with E-state index in [2.05, 4.69) is 0 Å². The van der Waals surface area contributed by atoms with Crippen LogP contribution in [0.2, 0.25) is 10.0 Å². The largest absolute Gasteiger partial charge is 0.497 e. The van der Waals surface area contributed by atoms with Crippen LogP contribution in [0.3, 0.4) is 0 Å². The van der Waals surface area contributed by atoms with Crippen molar-refractivity contribution in [1.82, 2.24) is 0 Å². The number of rotatable bonds is 8. The zero-order valence-electron chi connectivity index (χ0n) is 14.5. The highest BCUT2D eigenvalue weighted by atomic mass is 35.5. The van der Waals surface area contributed by atoms with Crippen LogP contribution in [0.1, 0.15) is 6.42 Å². The molecule has 0 atom stereocenters. The van der Waals surface area contributed by atoms with Crippen LogP contribution in [0.25, 0.3) is 0 Å². The van der Waals surface area contributed by atoms with E-state index in [1.165, 1.54) is 44.6 Å². The molecule has 0 saturated heterocycles. The number of nitrogens with zero attached hydrogens (tertiary/aromatic N) is 1. The summed E-state index contributed by atoms with van der Waals surface area (Å²) in [4.78, 5) is 10.8. The quantitative estimate of drug-likeness (QED) is 0.682. The first-order valence-electron chi connectivity index (χ1n) is 7.62. The number of hydrogen-bond donors (Lipinski definition) is 1. The Bertz CT molecular complexity index is 948. The molecule has 146 valence electrons. The van der Waals surface area contributed by atoms with Gasteiger partial charge in [-0.3, -0.25) is 9.10 Å². The molecule has 0 saturated carbocycles. The fourth-order valence-corrected chi connectivity index (χ4v) is 4.57. The van der Waals surface area contributed by atoms with Gasteiger partial charge < -0.3 is 14.6 Å². The zero-order valence-corrected chi connectivity index (χ0v) is 16.8. The summed E-state index contributed by atoms with van der Waals surface area (Å²) >= 11 is 12.0. The number of methoxy groups -OCH3 is 2. The van der Waals surface area contributed by atoms with Gasteiger partial charge in [-0.15, -0.1) is 0 Å². The molecule has 0 radical (unpaired) electrons.